The maximum Gasteiger partial charge on any atom is 0.175 e. The van der Waals surface area contributed by atoms with Crippen molar-refractivity contribution in [3.05, 3.63) is 65.7 Å². The van der Waals surface area contributed by atoms with Gasteiger partial charge in [0.2, 0.25) is 0 Å². The highest BCUT2D eigenvalue weighted by atomic mass is 19.1. The number of aryl methyl sites for hydroxylation is 1. The number of halogens is 1. The van der Waals surface area contributed by atoms with Crippen LogP contribution in [-0.4, -0.2) is 26.8 Å². The third kappa shape index (κ3) is 2.67. The predicted molar refractivity (Wildman–Crippen MR) is 84.9 cm³/mol. The largest absolute Gasteiger partial charge is 0.364 e. The van der Waals surface area contributed by atoms with Gasteiger partial charge in [-0.15, -0.1) is 5.10 Å². The number of benzene rings is 2. The summed E-state index contributed by atoms with van der Waals surface area (Å²) in [5.41, 5.74) is 3.05. The van der Waals surface area contributed by atoms with Crippen molar-refractivity contribution in [1.82, 2.24) is 20.2 Å². The van der Waals surface area contributed by atoms with Gasteiger partial charge >= 0.3 is 0 Å². The molecule has 0 aliphatic carbocycles. The Hall–Kier alpha value is -2.76. The van der Waals surface area contributed by atoms with E-state index in [2.05, 4.69) is 20.4 Å². The molecule has 2 heterocycles. The summed E-state index contributed by atoms with van der Waals surface area (Å²) in [6, 6.07) is 14.8. The fourth-order valence-corrected chi connectivity index (χ4v) is 3.05. The average Bonchev–Trinajstić information content (AvgIpc) is 3.04. The zero-order valence-corrected chi connectivity index (χ0v) is 12.6. The minimum Gasteiger partial charge on any atom is -0.364 e. The van der Waals surface area contributed by atoms with E-state index in [1.807, 2.05) is 36.4 Å². The zero-order valence-electron chi connectivity index (χ0n) is 12.6. The summed E-state index contributed by atoms with van der Waals surface area (Å²) in [5.74, 6) is 0.591. The second-order valence-electron chi connectivity index (χ2n) is 5.64. The highest BCUT2D eigenvalue weighted by Gasteiger charge is 2.20. The lowest BCUT2D eigenvalue weighted by Crippen LogP contribution is -2.30. The fraction of sp³-hybridized carbons (Fsp3) is 0.235. The Morgan fingerprint density at radius 3 is 2.83 bits per heavy atom. The minimum absolute atomic E-state index is 0.181. The quantitative estimate of drug-likeness (QED) is 0.746. The summed E-state index contributed by atoms with van der Waals surface area (Å²) in [7, 11) is 0. The third-order valence-electron chi connectivity index (χ3n) is 4.12. The lowest BCUT2D eigenvalue weighted by molar-refractivity contribution is 0.615. The van der Waals surface area contributed by atoms with Gasteiger partial charge < -0.3 is 4.90 Å². The Kier molecular flexibility index (Phi) is 3.49. The summed E-state index contributed by atoms with van der Waals surface area (Å²) in [6.45, 7) is 1.51. The Morgan fingerprint density at radius 2 is 1.96 bits per heavy atom. The van der Waals surface area contributed by atoms with Gasteiger partial charge in [0.15, 0.2) is 5.82 Å². The van der Waals surface area contributed by atoms with Crippen LogP contribution in [0.1, 0.15) is 17.8 Å². The van der Waals surface area contributed by atoms with Crippen LogP contribution in [-0.2, 0) is 13.0 Å². The van der Waals surface area contributed by atoms with E-state index < -0.39 is 0 Å². The van der Waals surface area contributed by atoms with Gasteiger partial charge in [-0.05, 0) is 59.2 Å². The SMILES string of the molecule is Fc1ccc2c(c1)CCCN2Cc1nnnn1-c1ccccc1. The number of hydrogen-bond donors (Lipinski definition) is 0. The van der Waals surface area contributed by atoms with Crippen LogP contribution >= 0.6 is 0 Å². The molecule has 5 nitrogen and oxygen atoms in total. The van der Waals surface area contributed by atoms with E-state index in [1.54, 1.807) is 10.7 Å². The number of rotatable bonds is 3. The highest BCUT2D eigenvalue weighted by Crippen LogP contribution is 2.28. The van der Waals surface area contributed by atoms with Crippen LogP contribution in [0.15, 0.2) is 48.5 Å². The molecule has 0 atom stereocenters. The van der Waals surface area contributed by atoms with Crippen LogP contribution in [0, 0.1) is 5.82 Å². The highest BCUT2D eigenvalue weighted by molar-refractivity contribution is 5.55. The zero-order chi connectivity index (χ0) is 15.6. The van der Waals surface area contributed by atoms with Gasteiger partial charge in [-0.3, -0.25) is 0 Å². The Balaban J connectivity index is 1.65. The first kappa shape index (κ1) is 13.9. The summed E-state index contributed by atoms with van der Waals surface area (Å²) < 4.78 is 15.2. The van der Waals surface area contributed by atoms with Crippen LogP contribution < -0.4 is 4.90 Å². The normalized spacial score (nSPS) is 13.9. The molecule has 6 heteroatoms. The molecule has 2 aromatic carbocycles. The molecule has 3 aromatic rings. The number of hydrogen-bond acceptors (Lipinski definition) is 4. The van der Waals surface area contributed by atoms with Gasteiger partial charge in [0.25, 0.3) is 0 Å². The lowest BCUT2D eigenvalue weighted by atomic mass is 10.0. The molecule has 4 rings (SSSR count). The molecular weight excluding hydrogens is 293 g/mol. The molecular formula is C17H16FN5. The van der Waals surface area contributed by atoms with Gasteiger partial charge in [-0.2, -0.15) is 4.68 Å². The van der Waals surface area contributed by atoms with Crippen molar-refractivity contribution in [2.24, 2.45) is 0 Å². The standard InChI is InChI=1S/C17H16FN5/c18-14-8-9-16-13(11-14)5-4-10-22(16)12-17-19-20-21-23(17)15-6-2-1-3-7-15/h1-3,6-9,11H,4-5,10,12H2. The van der Waals surface area contributed by atoms with Gasteiger partial charge in [-0.25, -0.2) is 4.39 Å². The lowest BCUT2D eigenvalue weighted by Gasteiger charge is -2.30. The van der Waals surface area contributed by atoms with Crippen LogP contribution in [0.5, 0.6) is 0 Å². The van der Waals surface area contributed by atoms with Crippen LogP contribution in [0.3, 0.4) is 0 Å². The van der Waals surface area contributed by atoms with Crippen molar-refractivity contribution in [1.29, 1.82) is 0 Å². The first-order chi connectivity index (χ1) is 11.3. The molecule has 0 amide bonds. The van der Waals surface area contributed by atoms with E-state index in [1.165, 1.54) is 6.07 Å². The van der Waals surface area contributed by atoms with Crippen molar-refractivity contribution in [3.8, 4) is 5.69 Å². The van der Waals surface area contributed by atoms with Gasteiger partial charge in [-0.1, -0.05) is 18.2 Å². The molecule has 0 saturated carbocycles. The Bertz CT molecular complexity index is 815. The van der Waals surface area contributed by atoms with Crippen molar-refractivity contribution in [2.45, 2.75) is 19.4 Å². The number of aromatic nitrogens is 4. The maximum atomic E-state index is 13.4. The van der Waals surface area contributed by atoms with Crippen molar-refractivity contribution in [2.75, 3.05) is 11.4 Å². The number of fused-ring (bicyclic) bond motifs is 1. The summed E-state index contributed by atoms with van der Waals surface area (Å²) in [4.78, 5) is 2.21. The van der Waals surface area contributed by atoms with E-state index in [9.17, 15) is 4.39 Å². The van der Waals surface area contributed by atoms with E-state index in [0.717, 1.165) is 42.1 Å². The molecule has 1 aromatic heterocycles. The molecule has 0 N–H and O–H groups in total. The molecule has 0 radical (unpaired) electrons. The third-order valence-corrected chi connectivity index (χ3v) is 4.12. The number of tetrazole rings is 1. The first-order valence-electron chi connectivity index (χ1n) is 7.67. The molecule has 0 saturated heterocycles. The number of anilines is 1. The van der Waals surface area contributed by atoms with Gasteiger partial charge in [0.05, 0.1) is 12.2 Å². The van der Waals surface area contributed by atoms with E-state index in [0.29, 0.717) is 6.54 Å². The predicted octanol–water partition coefficient (Wildman–Crippen LogP) is 2.75. The number of para-hydroxylation sites is 1. The van der Waals surface area contributed by atoms with E-state index in [4.69, 9.17) is 0 Å². The average molecular weight is 309 g/mol. The van der Waals surface area contributed by atoms with Crippen LogP contribution in [0.2, 0.25) is 0 Å². The minimum atomic E-state index is -0.181. The Labute approximate surface area is 133 Å². The smallest absolute Gasteiger partial charge is 0.175 e. The fourth-order valence-electron chi connectivity index (χ4n) is 3.05. The summed E-state index contributed by atoms with van der Waals surface area (Å²) in [6.07, 6.45) is 1.91. The van der Waals surface area contributed by atoms with E-state index >= 15 is 0 Å². The summed E-state index contributed by atoms with van der Waals surface area (Å²) >= 11 is 0. The molecule has 23 heavy (non-hydrogen) atoms. The second kappa shape index (κ2) is 5.79. The van der Waals surface area contributed by atoms with Gasteiger partial charge in [0.1, 0.15) is 5.82 Å². The van der Waals surface area contributed by atoms with Crippen molar-refractivity contribution >= 4 is 5.69 Å². The molecule has 0 spiro atoms. The van der Waals surface area contributed by atoms with Crippen molar-refractivity contribution in [3.63, 3.8) is 0 Å². The molecule has 0 unspecified atom stereocenters. The van der Waals surface area contributed by atoms with Crippen molar-refractivity contribution < 1.29 is 4.39 Å². The molecule has 116 valence electrons. The maximum absolute atomic E-state index is 13.4. The molecule has 1 aliphatic rings. The molecule has 1 aliphatic heterocycles. The monoisotopic (exact) mass is 309 g/mol. The molecule has 0 fully saturated rings. The molecule has 0 bridgehead atoms. The van der Waals surface area contributed by atoms with Gasteiger partial charge in [0, 0.05) is 12.2 Å². The van der Waals surface area contributed by atoms with Crippen LogP contribution in [0.4, 0.5) is 10.1 Å². The first-order valence-corrected chi connectivity index (χ1v) is 7.67. The number of nitrogens with zero attached hydrogens (tertiary/aromatic N) is 5. The topological polar surface area (TPSA) is 46.8 Å². The Morgan fingerprint density at radius 1 is 1.09 bits per heavy atom. The summed E-state index contributed by atoms with van der Waals surface area (Å²) in [5, 5.41) is 12.1. The van der Waals surface area contributed by atoms with Crippen LogP contribution in [0.25, 0.3) is 5.69 Å². The second-order valence-corrected chi connectivity index (χ2v) is 5.64. The van der Waals surface area contributed by atoms with E-state index in [-0.39, 0.29) is 5.82 Å².